The van der Waals surface area contributed by atoms with Crippen molar-refractivity contribution in [2.45, 2.75) is 24.8 Å². The van der Waals surface area contributed by atoms with Gasteiger partial charge in [-0.25, -0.2) is 13.1 Å². The molecule has 1 aromatic carbocycles. The van der Waals surface area contributed by atoms with E-state index in [4.69, 9.17) is 5.11 Å². The largest absolute Gasteiger partial charge is 0.395 e. The van der Waals surface area contributed by atoms with Crippen molar-refractivity contribution in [1.82, 2.24) is 4.72 Å². The summed E-state index contributed by atoms with van der Waals surface area (Å²) >= 11 is 3.21. The Labute approximate surface area is 104 Å². The van der Waals surface area contributed by atoms with Gasteiger partial charge in [0.2, 0.25) is 10.0 Å². The zero-order valence-electron chi connectivity index (χ0n) is 9.07. The predicted octanol–water partition coefficient (Wildman–Crippen LogP) is 1.42. The Balaban J connectivity index is 3.08. The molecule has 4 nitrogen and oxygen atoms in total. The highest BCUT2D eigenvalue weighted by atomic mass is 79.9. The molecule has 0 saturated carbocycles. The standard InChI is InChI=1S/C10H14BrNO3S/c1-7-3-4-10(9(11)5-7)16(14,15)12-8(2)6-13/h3-5,8,12-13H,6H2,1-2H3. The fraction of sp³-hybridized carbons (Fsp3) is 0.400. The highest BCUT2D eigenvalue weighted by Crippen LogP contribution is 2.22. The number of halogens is 1. The molecule has 0 spiro atoms. The first-order valence-corrected chi connectivity index (χ1v) is 7.04. The van der Waals surface area contributed by atoms with E-state index in [0.717, 1.165) is 5.56 Å². The van der Waals surface area contributed by atoms with Crippen molar-refractivity contribution in [3.63, 3.8) is 0 Å². The maximum absolute atomic E-state index is 11.9. The second kappa shape index (κ2) is 5.27. The lowest BCUT2D eigenvalue weighted by Crippen LogP contribution is -2.35. The molecule has 0 aliphatic carbocycles. The van der Waals surface area contributed by atoms with E-state index in [0.29, 0.717) is 4.47 Å². The smallest absolute Gasteiger partial charge is 0.242 e. The molecule has 1 atom stereocenters. The van der Waals surface area contributed by atoms with E-state index in [1.165, 1.54) is 6.07 Å². The van der Waals surface area contributed by atoms with Crippen LogP contribution in [0.5, 0.6) is 0 Å². The minimum atomic E-state index is -3.58. The fourth-order valence-corrected chi connectivity index (χ4v) is 3.62. The number of benzene rings is 1. The first-order chi connectivity index (χ1) is 7.36. The maximum Gasteiger partial charge on any atom is 0.242 e. The number of hydrogen-bond acceptors (Lipinski definition) is 3. The van der Waals surface area contributed by atoms with E-state index in [9.17, 15) is 8.42 Å². The number of aliphatic hydroxyl groups excluding tert-OH is 1. The van der Waals surface area contributed by atoms with Crippen molar-refractivity contribution >= 4 is 26.0 Å². The molecule has 0 bridgehead atoms. The number of sulfonamides is 1. The van der Waals surface area contributed by atoms with Gasteiger partial charge in [-0.15, -0.1) is 0 Å². The van der Waals surface area contributed by atoms with Gasteiger partial charge in [0.05, 0.1) is 11.5 Å². The molecule has 0 radical (unpaired) electrons. The molecular weight excluding hydrogens is 294 g/mol. The third-order valence-corrected chi connectivity index (χ3v) is 4.57. The Morgan fingerprint density at radius 3 is 2.62 bits per heavy atom. The van der Waals surface area contributed by atoms with Crippen LogP contribution >= 0.6 is 15.9 Å². The summed E-state index contributed by atoms with van der Waals surface area (Å²) in [6, 6.07) is 4.49. The number of rotatable bonds is 4. The highest BCUT2D eigenvalue weighted by Gasteiger charge is 2.19. The molecule has 6 heteroatoms. The van der Waals surface area contributed by atoms with Crippen LogP contribution < -0.4 is 4.72 Å². The molecule has 0 aliphatic heterocycles. The van der Waals surface area contributed by atoms with E-state index in [-0.39, 0.29) is 11.5 Å². The SMILES string of the molecule is Cc1ccc(S(=O)(=O)NC(C)CO)c(Br)c1. The average Bonchev–Trinajstić information content (AvgIpc) is 2.16. The molecule has 0 heterocycles. The first-order valence-electron chi connectivity index (χ1n) is 4.76. The van der Waals surface area contributed by atoms with Gasteiger partial charge in [0.25, 0.3) is 0 Å². The number of aryl methyl sites for hydroxylation is 1. The van der Waals surface area contributed by atoms with Crippen LogP contribution in [0.3, 0.4) is 0 Å². The average molecular weight is 308 g/mol. The highest BCUT2D eigenvalue weighted by molar-refractivity contribution is 9.10. The molecule has 0 amide bonds. The van der Waals surface area contributed by atoms with Gasteiger partial charge in [-0.05, 0) is 47.5 Å². The molecule has 0 aromatic heterocycles. The molecule has 0 aliphatic rings. The minimum Gasteiger partial charge on any atom is -0.395 e. The van der Waals surface area contributed by atoms with E-state index in [2.05, 4.69) is 20.7 Å². The topological polar surface area (TPSA) is 66.4 Å². The van der Waals surface area contributed by atoms with E-state index < -0.39 is 16.1 Å². The molecule has 0 saturated heterocycles. The van der Waals surface area contributed by atoms with Gasteiger partial charge in [0.15, 0.2) is 0 Å². The van der Waals surface area contributed by atoms with Crippen LogP contribution in [-0.2, 0) is 10.0 Å². The van der Waals surface area contributed by atoms with Gasteiger partial charge in [-0.2, -0.15) is 0 Å². The number of hydrogen-bond donors (Lipinski definition) is 2. The lowest BCUT2D eigenvalue weighted by molar-refractivity contribution is 0.265. The van der Waals surface area contributed by atoms with Gasteiger partial charge in [0.1, 0.15) is 0 Å². The van der Waals surface area contributed by atoms with Crippen molar-refractivity contribution in [3.8, 4) is 0 Å². The summed E-state index contributed by atoms with van der Waals surface area (Å²) in [6.07, 6.45) is 0. The summed E-state index contributed by atoms with van der Waals surface area (Å²) in [5.41, 5.74) is 0.973. The van der Waals surface area contributed by atoms with Gasteiger partial charge in [-0.1, -0.05) is 6.07 Å². The third kappa shape index (κ3) is 3.28. The normalized spacial score (nSPS) is 13.8. The van der Waals surface area contributed by atoms with E-state index >= 15 is 0 Å². The zero-order valence-corrected chi connectivity index (χ0v) is 11.5. The maximum atomic E-state index is 11.9. The van der Waals surface area contributed by atoms with Crippen molar-refractivity contribution in [3.05, 3.63) is 28.2 Å². The monoisotopic (exact) mass is 307 g/mol. The summed E-state index contributed by atoms with van der Waals surface area (Å²) in [7, 11) is -3.58. The van der Waals surface area contributed by atoms with Crippen molar-refractivity contribution < 1.29 is 13.5 Å². The Hall–Kier alpha value is -0.430. The van der Waals surface area contributed by atoms with Crippen molar-refractivity contribution in [2.24, 2.45) is 0 Å². The van der Waals surface area contributed by atoms with Crippen molar-refractivity contribution in [2.75, 3.05) is 6.61 Å². The van der Waals surface area contributed by atoms with Crippen LogP contribution in [0.15, 0.2) is 27.6 Å². The Morgan fingerprint density at radius 2 is 2.12 bits per heavy atom. The molecule has 2 N–H and O–H groups in total. The molecule has 1 aromatic rings. The Bertz CT molecular complexity index is 473. The van der Waals surface area contributed by atoms with Gasteiger partial charge < -0.3 is 5.11 Å². The molecule has 1 unspecified atom stereocenters. The van der Waals surface area contributed by atoms with E-state index in [1.807, 2.05) is 6.92 Å². The summed E-state index contributed by atoms with van der Waals surface area (Å²) in [4.78, 5) is 0.179. The summed E-state index contributed by atoms with van der Waals surface area (Å²) < 4.78 is 26.7. The molecule has 0 fully saturated rings. The molecule has 1 rings (SSSR count). The van der Waals surface area contributed by atoms with Crippen LogP contribution in [0.1, 0.15) is 12.5 Å². The second-order valence-electron chi connectivity index (χ2n) is 3.64. The van der Waals surface area contributed by atoms with Crippen LogP contribution in [0.25, 0.3) is 0 Å². The Kier molecular flexibility index (Phi) is 4.49. The Morgan fingerprint density at radius 1 is 1.50 bits per heavy atom. The van der Waals surface area contributed by atoms with Crippen LogP contribution in [0.2, 0.25) is 0 Å². The predicted molar refractivity (Wildman–Crippen MR) is 65.7 cm³/mol. The lowest BCUT2D eigenvalue weighted by Gasteiger charge is -2.12. The van der Waals surface area contributed by atoms with E-state index in [1.54, 1.807) is 19.1 Å². The fourth-order valence-electron chi connectivity index (χ4n) is 1.19. The van der Waals surface area contributed by atoms with Crippen LogP contribution in [0.4, 0.5) is 0 Å². The summed E-state index contributed by atoms with van der Waals surface area (Å²) in [5, 5.41) is 8.82. The minimum absolute atomic E-state index is 0.179. The van der Waals surface area contributed by atoms with Gasteiger partial charge >= 0.3 is 0 Å². The van der Waals surface area contributed by atoms with Crippen LogP contribution in [-0.4, -0.2) is 26.2 Å². The van der Waals surface area contributed by atoms with Gasteiger partial charge in [-0.3, -0.25) is 0 Å². The molecule has 90 valence electrons. The third-order valence-electron chi connectivity index (χ3n) is 2.01. The summed E-state index contributed by atoms with van der Waals surface area (Å²) in [6.45, 7) is 3.24. The number of aliphatic hydroxyl groups is 1. The first kappa shape index (κ1) is 13.6. The van der Waals surface area contributed by atoms with Crippen LogP contribution in [0, 0.1) is 6.92 Å². The van der Waals surface area contributed by atoms with Crippen molar-refractivity contribution in [1.29, 1.82) is 0 Å². The number of nitrogens with one attached hydrogen (secondary N) is 1. The van der Waals surface area contributed by atoms with Gasteiger partial charge in [0, 0.05) is 10.5 Å². The quantitative estimate of drug-likeness (QED) is 0.884. The second-order valence-corrected chi connectivity index (χ2v) is 6.18. The zero-order chi connectivity index (χ0) is 12.3. The lowest BCUT2D eigenvalue weighted by atomic mass is 10.2. The molecular formula is C10H14BrNO3S. The molecule has 16 heavy (non-hydrogen) atoms. The summed E-state index contributed by atoms with van der Waals surface area (Å²) in [5.74, 6) is 0.